The van der Waals surface area contributed by atoms with E-state index in [1.165, 1.54) is 0 Å². The average molecular weight is 173 g/mol. The van der Waals surface area contributed by atoms with Crippen LogP contribution in [0.2, 0.25) is 0 Å². The van der Waals surface area contributed by atoms with Crippen molar-refractivity contribution in [1.29, 1.82) is 0 Å². The Kier molecular flexibility index (Phi) is 8.44. The summed E-state index contributed by atoms with van der Waals surface area (Å²) in [5, 5.41) is 5.69. The van der Waals surface area contributed by atoms with E-state index in [0.29, 0.717) is 0 Å². The minimum Gasteiger partial charge on any atom is -1.00 e. The molecule has 0 aromatic heterocycles. The third kappa shape index (κ3) is 11.4. The van der Waals surface area contributed by atoms with Gasteiger partial charge in [0, 0.05) is 5.41 Å². The van der Waals surface area contributed by atoms with Crippen molar-refractivity contribution in [2.24, 2.45) is 5.14 Å². The summed E-state index contributed by atoms with van der Waals surface area (Å²) in [6.07, 6.45) is 3.25. The summed E-state index contributed by atoms with van der Waals surface area (Å²) in [5.74, 6) is 0. The molecule has 0 unspecified atom stereocenters. The molecule has 0 radical (unpaired) electrons. The van der Waals surface area contributed by atoms with Crippen molar-refractivity contribution in [2.45, 2.75) is 19.8 Å². The average Bonchev–Trinajstić information content (AvgIpc) is 1.63. The Balaban J connectivity index is -0.000000320. The molecule has 0 saturated carbocycles. The Hall–Kier alpha value is 0.650. The minimum absolute atomic E-state index is 0. The van der Waals surface area contributed by atoms with E-state index in [1.807, 2.05) is 6.92 Å². The zero-order valence-corrected chi connectivity index (χ0v) is 9.19. The maximum atomic E-state index is 10.2. The number of unbranched alkanes of at least 4 members (excludes halogenated alkanes) is 1. The van der Waals surface area contributed by atoms with Gasteiger partial charge >= 0.3 is 29.6 Å². The minimum atomic E-state index is -3.38. The van der Waals surface area contributed by atoms with Gasteiger partial charge in [0.25, 0.3) is 0 Å². The summed E-state index contributed by atoms with van der Waals surface area (Å²) in [6, 6.07) is 0. The number of rotatable bonds is 3. The van der Waals surface area contributed by atoms with Gasteiger partial charge in [-0.05, 0) is 6.42 Å². The Morgan fingerprint density at radius 3 is 2.40 bits per heavy atom. The predicted molar refractivity (Wildman–Crippen MR) is 38.3 cm³/mol. The van der Waals surface area contributed by atoms with Gasteiger partial charge in [-0.25, -0.2) is 13.6 Å². The van der Waals surface area contributed by atoms with Crippen molar-refractivity contribution in [3.05, 3.63) is 11.5 Å². The summed E-state index contributed by atoms with van der Waals surface area (Å²) < 4.78 is 20.4. The normalized spacial score (nSPS) is 11.4. The first-order valence-corrected chi connectivity index (χ1v) is 4.36. The van der Waals surface area contributed by atoms with Gasteiger partial charge in [-0.15, -0.1) is 0 Å². The quantitative estimate of drug-likeness (QED) is 0.488. The van der Waals surface area contributed by atoms with Gasteiger partial charge < -0.3 is 1.43 Å². The molecule has 0 aliphatic heterocycles. The summed E-state index contributed by atoms with van der Waals surface area (Å²) in [7, 11) is -3.38. The SMILES string of the molecule is CCCC=CS(N)(=O)=O.[H-].[Na+]. The maximum Gasteiger partial charge on any atom is 1.00 e. The predicted octanol–water partition coefficient (Wildman–Crippen LogP) is -2.29. The van der Waals surface area contributed by atoms with Crippen molar-refractivity contribution in [2.75, 3.05) is 0 Å². The van der Waals surface area contributed by atoms with Crippen LogP contribution in [0.5, 0.6) is 0 Å². The summed E-state index contributed by atoms with van der Waals surface area (Å²) in [5.41, 5.74) is 0. The second-order valence-corrected chi connectivity index (χ2v) is 3.20. The smallest absolute Gasteiger partial charge is 1.00 e. The molecule has 0 saturated heterocycles. The molecule has 0 aromatic rings. The van der Waals surface area contributed by atoms with E-state index in [9.17, 15) is 8.42 Å². The molecule has 0 spiro atoms. The van der Waals surface area contributed by atoms with Crippen LogP contribution in [0.4, 0.5) is 0 Å². The molecule has 0 aromatic carbocycles. The molecule has 0 amide bonds. The third-order valence-corrected chi connectivity index (χ3v) is 1.31. The van der Waals surface area contributed by atoms with Gasteiger partial charge in [0.1, 0.15) is 0 Å². The molecule has 3 nitrogen and oxygen atoms in total. The van der Waals surface area contributed by atoms with E-state index in [2.05, 4.69) is 5.14 Å². The van der Waals surface area contributed by atoms with Crippen LogP contribution in [0.3, 0.4) is 0 Å². The van der Waals surface area contributed by atoms with Crippen molar-refractivity contribution in [3.8, 4) is 0 Å². The standard InChI is InChI=1S/C5H11NO2S.Na.H/c1-2-3-4-5-9(6,7)8;;/h4-5H,2-3H2,1H3,(H2,6,7,8);;/q;+1;-1. The summed E-state index contributed by atoms with van der Waals surface area (Å²) >= 11 is 0. The molecule has 2 N–H and O–H groups in total. The Morgan fingerprint density at radius 1 is 1.60 bits per heavy atom. The van der Waals surface area contributed by atoms with E-state index in [1.54, 1.807) is 6.08 Å². The number of hydrogen-bond acceptors (Lipinski definition) is 2. The molecule has 56 valence electrons. The van der Waals surface area contributed by atoms with Crippen LogP contribution < -0.4 is 34.7 Å². The molecule has 0 aliphatic carbocycles. The first-order chi connectivity index (χ1) is 4.06. The molecule has 0 aliphatic rings. The van der Waals surface area contributed by atoms with Crippen molar-refractivity contribution in [1.82, 2.24) is 0 Å². The van der Waals surface area contributed by atoms with Crippen molar-refractivity contribution < 1.29 is 39.4 Å². The van der Waals surface area contributed by atoms with E-state index >= 15 is 0 Å². The van der Waals surface area contributed by atoms with Crippen LogP contribution in [-0.4, -0.2) is 8.42 Å². The van der Waals surface area contributed by atoms with E-state index < -0.39 is 10.0 Å². The van der Waals surface area contributed by atoms with Gasteiger partial charge in [0.15, 0.2) is 0 Å². The molecule has 0 bridgehead atoms. The number of primary sulfonamides is 1. The Labute approximate surface area is 85.5 Å². The molecule has 0 rings (SSSR count). The summed E-state index contributed by atoms with van der Waals surface area (Å²) in [6.45, 7) is 1.97. The van der Waals surface area contributed by atoms with Crippen molar-refractivity contribution >= 4 is 10.0 Å². The van der Waals surface area contributed by atoms with Crippen LogP contribution in [0.1, 0.15) is 21.2 Å². The van der Waals surface area contributed by atoms with E-state index in [0.717, 1.165) is 18.2 Å². The van der Waals surface area contributed by atoms with Crippen LogP contribution in [0.25, 0.3) is 0 Å². The fourth-order valence-corrected chi connectivity index (χ4v) is 0.773. The molecular formula is C5H12NNaO2S. The van der Waals surface area contributed by atoms with Gasteiger partial charge in [-0.2, -0.15) is 0 Å². The molecular weight excluding hydrogens is 161 g/mol. The van der Waals surface area contributed by atoms with Gasteiger partial charge in [-0.1, -0.05) is 19.4 Å². The van der Waals surface area contributed by atoms with Crippen LogP contribution in [0, 0.1) is 0 Å². The van der Waals surface area contributed by atoms with E-state index in [4.69, 9.17) is 0 Å². The fraction of sp³-hybridized carbons (Fsp3) is 0.600. The van der Waals surface area contributed by atoms with E-state index in [-0.39, 0.29) is 31.0 Å². The molecule has 0 heterocycles. The van der Waals surface area contributed by atoms with Crippen LogP contribution in [0.15, 0.2) is 11.5 Å². The number of hydrogen-bond donors (Lipinski definition) is 1. The Bertz CT molecular complexity index is 191. The van der Waals surface area contributed by atoms with Crippen LogP contribution >= 0.6 is 0 Å². The molecule has 0 atom stereocenters. The number of sulfonamides is 1. The fourth-order valence-electron chi connectivity index (χ4n) is 0.369. The molecule has 0 fully saturated rings. The zero-order chi connectivity index (χ0) is 7.33. The number of allylic oxidation sites excluding steroid dienone is 1. The molecule has 5 heteroatoms. The van der Waals surface area contributed by atoms with Crippen molar-refractivity contribution in [3.63, 3.8) is 0 Å². The first kappa shape index (κ1) is 13.3. The van der Waals surface area contributed by atoms with Gasteiger partial charge in [-0.3, -0.25) is 0 Å². The topological polar surface area (TPSA) is 60.2 Å². The van der Waals surface area contributed by atoms with Crippen LogP contribution in [-0.2, 0) is 10.0 Å². The monoisotopic (exact) mass is 173 g/mol. The second kappa shape index (κ2) is 6.37. The first-order valence-electron chi connectivity index (χ1n) is 2.75. The van der Waals surface area contributed by atoms with Gasteiger partial charge in [0.2, 0.25) is 10.0 Å². The Morgan fingerprint density at radius 2 is 2.10 bits per heavy atom. The zero-order valence-electron chi connectivity index (χ0n) is 7.37. The number of nitrogens with two attached hydrogens (primary N) is 1. The summed E-state index contributed by atoms with van der Waals surface area (Å²) in [4.78, 5) is 0. The second-order valence-electron chi connectivity index (χ2n) is 1.75. The maximum absolute atomic E-state index is 10.2. The third-order valence-electron chi connectivity index (χ3n) is 0.741. The van der Waals surface area contributed by atoms with Gasteiger partial charge in [0.05, 0.1) is 0 Å². The largest absolute Gasteiger partial charge is 1.00 e. The molecule has 10 heavy (non-hydrogen) atoms.